The second-order valence-electron chi connectivity index (χ2n) is 7.40. The van der Waals surface area contributed by atoms with Crippen molar-refractivity contribution in [1.82, 2.24) is 10.2 Å². The quantitative estimate of drug-likeness (QED) is 0.858. The number of carbonyl (C=O) groups is 1. The first-order chi connectivity index (χ1) is 12.2. The molecule has 1 aromatic carbocycles. The van der Waals surface area contributed by atoms with Gasteiger partial charge < -0.3 is 14.6 Å². The average Bonchev–Trinajstić information content (AvgIpc) is 3.26. The molecule has 2 unspecified atom stereocenters. The standard InChI is InChI=1S/C21H26N2O2.ClH/c1-23(18-13-16-7-8-17(14-18)22-16)21(24)12-10-19-9-11-20(25-19)15-5-3-2-4-6-15;/h2-6,9,11,16-18,22H,7-8,10,12-14H2,1H3;1H. The van der Waals surface area contributed by atoms with Gasteiger partial charge in [0.15, 0.2) is 0 Å². The van der Waals surface area contributed by atoms with Crippen LogP contribution in [-0.2, 0) is 11.2 Å². The Kier molecular flexibility index (Phi) is 6.05. The first-order valence-corrected chi connectivity index (χ1v) is 9.35. The van der Waals surface area contributed by atoms with E-state index < -0.39 is 0 Å². The number of aryl methyl sites for hydroxylation is 1. The molecule has 1 amide bonds. The predicted molar refractivity (Wildman–Crippen MR) is 105 cm³/mol. The number of halogens is 1. The number of piperidine rings is 1. The van der Waals surface area contributed by atoms with E-state index >= 15 is 0 Å². The van der Waals surface area contributed by atoms with Crippen molar-refractivity contribution in [1.29, 1.82) is 0 Å². The number of hydrogen-bond donors (Lipinski definition) is 1. The van der Waals surface area contributed by atoms with E-state index in [0.717, 1.165) is 29.9 Å². The van der Waals surface area contributed by atoms with Gasteiger partial charge >= 0.3 is 0 Å². The van der Waals surface area contributed by atoms with Crippen molar-refractivity contribution in [2.75, 3.05) is 7.05 Å². The minimum Gasteiger partial charge on any atom is -0.461 e. The molecule has 4 nitrogen and oxygen atoms in total. The summed E-state index contributed by atoms with van der Waals surface area (Å²) in [4.78, 5) is 14.6. The number of nitrogens with one attached hydrogen (secondary N) is 1. The molecule has 0 aliphatic carbocycles. The van der Waals surface area contributed by atoms with Crippen LogP contribution < -0.4 is 5.32 Å². The highest BCUT2D eigenvalue weighted by Gasteiger charge is 2.36. The predicted octanol–water partition coefficient (Wildman–Crippen LogP) is 4.04. The Morgan fingerprint density at radius 1 is 1.12 bits per heavy atom. The molecule has 0 spiro atoms. The first kappa shape index (κ1) is 19.0. The Morgan fingerprint density at radius 2 is 1.81 bits per heavy atom. The Hall–Kier alpha value is -1.78. The van der Waals surface area contributed by atoms with E-state index in [1.807, 2.05) is 54.4 Å². The second-order valence-corrected chi connectivity index (χ2v) is 7.40. The number of rotatable bonds is 5. The van der Waals surface area contributed by atoms with Gasteiger partial charge in [-0.2, -0.15) is 0 Å². The first-order valence-electron chi connectivity index (χ1n) is 9.35. The molecular formula is C21H27ClN2O2. The molecule has 4 rings (SSSR count). The van der Waals surface area contributed by atoms with Crippen molar-refractivity contribution < 1.29 is 9.21 Å². The number of nitrogens with zero attached hydrogens (tertiary/aromatic N) is 1. The highest BCUT2D eigenvalue weighted by atomic mass is 35.5. The van der Waals surface area contributed by atoms with Gasteiger partial charge in [0.2, 0.25) is 5.91 Å². The number of hydrogen-bond acceptors (Lipinski definition) is 3. The Morgan fingerprint density at radius 3 is 2.50 bits per heavy atom. The van der Waals surface area contributed by atoms with Gasteiger partial charge in [0, 0.05) is 43.6 Å². The van der Waals surface area contributed by atoms with Gasteiger partial charge in [0.25, 0.3) is 0 Å². The zero-order valence-electron chi connectivity index (χ0n) is 15.2. The molecule has 2 bridgehead atoms. The third-order valence-corrected chi connectivity index (χ3v) is 5.69. The molecule has 2 aromatic rings. The zero-order chi connectivity index (χ0) is 17.2. The highest BCUT2D eigenvalue weighted by Crippen LogP contribution is 2.29. The van der Waals surface area contributed by atoms with E-state index in [1.165, 1.54) is 12.8 Å². The van der Waals surface area contributed by atoms with Crippen LogP contribution in [0, 0.1) is 0 Å². The van der Waals surface area contributed by atoms with E-state index in [0.29, 0.717) is 31.0 Å². The fourth-order valence-corrected chi connectivity index (χ4v) is 4.22. The molecule has 26 heavy (non-hydrogen) atoms. The van der Waals surface area contributed by atoms with Crippen molar-refractivity contribution in [2.45, 2.75) is 56.7 Å². The zero-order valence-corrected chi connectivity index (χ0v) is 16.0. The summed E-state index contributed by atoms with van der Waals surface area (Å²) in [6, 6.07) is 15.7. The normalized spacial score (nSPS) is 24.1. The monoisotopic (exact) mass is 374 g/mol. The summed E-state index contributed by atoms with van der Waals surface area (Å²) in [6.45, 7) is 0. The van der Waals surface area contributed by atoms with Crippen molar-refractivity contribution in [2.24, 2.45) is 0 Å². The Bertz CT molecular complexity index is 719. The van der Waals surface area contributed by atoms with Crippen LogP contribution in [0.3, 0.4) is 0 Å². The second kappa shape index (κ2) is 8.28. The molecule has 140 valence electrons. The third kappa shape index (κ3) is 4.13. The van der Waals surface area contributed by atoms with Crippen LogP contribution >= 0.6 is 12.4 Å². The molecular weight excluding hydrogens is 348 g/mol. The summed E-state index contributed by atoms with van der Waals surface area (Å²) in [5.74, 6) is 1.97. The molecule has 2 aliphatic rings. The molecule has 1 aromatic heterocycles. The van der Waals surface area contributed by atoms with Crippen LogP contribution in [0.5, 0.6) is 0 Å². The number of carbonyl (C=O) groups excluding carboxylic acids is 1. The average molecular weight is 375 g/mol. The van der Waals surface area contributed by atoms with Crippen LogP contribution in [0.4, 0.5) is 0 Å². The lowest BCUT2D eigenvalue weighted by molar-refractivity contribution is -0.132. The van der Waals surface area contributed by atoms with Crippen LogP contribution in [0.2, 0.25) is 0 Å². The largest absolute Gasteiger partial charge is 0.461 e. The summed E-state index contributed by atoms with van der Waals surface area (Å²) in [5.41, 5.74) is 1.07. The van der Waals surface area contributed by atoms with E-state index in [2.05, 4.69) is 5.32 Å². The summed E-state index contributed by atoms with van der Waals surface area (Å²) < 4.78 is 5.91. The fourth-order valence-electron chi connectivity index (χ4n) is 4.22. The lowest BCUT2D eigenvalue weighted by atomic mass is 9.98. The van der Waals surface area contributed by atoms with Gasteiger partial charge in [-0.3, -0.25) is 4.79 Å². The van der Waals surface area contributed by atoms with E-state index in [9.17, 15) is 4.79 Å². The molecule has 2 saturated heterocycles. The number of amides is 1. The minimum absolute atomic E-state index is 0. The van der Waals surface area contributed by atoms with Gasteiger partial charge in [0.1, 0.15) is 11.5 Å². The molecule has 2 fully saturated rings. The maximum absolute atomic E-state index is 12.6. The fraction of sp³-hybridized carbons (Fsp3) is 0.476. The van der Waals surface area contributed by atoms with E-state index in [4.69, 9.17) is 4.42 Å². The molecule has 3 heterocycles. The van der Waals surface area contributed by atoms with Gasteiger partial charge in [-0.1, -0.05) is 30.3 Å². The highest BCUT2D eigenvalue weighted by molar-refractivity contribution is 5.85. The summed E-state index contributed by atoms with van der Waals surface area (Å²) in [6.07, 6.45) is 5.89. The van der Waals surface area contributed by atoms with Crippen molar-refractivity contribution in [3.8, 4) is 11.3 Å². The maximum Gasteiger partial charge on any atom is 0.223 e. The van der Waals surface area contributed by atoms with Crippen LogP contribution in [0.25, 0.3) is 11.3 Å². The molecule has 0 radical (unpaired) electrons. The van der Waals surface area contributed by atoms with E-state index in [-0.39, 0.29) is 18.3 Å². The van der Waals surface area contributed by atoms with Gasteiger partial charge in [0.05, 0.1) is 0 Å². The van der Waals surface area contributed by atoms with Crippen molar-refractivity contribution >= 4 is 18.3 Å². The van der Waals surface area contributed by atoms with Gasteiger partial charge in [-0.25, -0.2) is 0 Å². The van der Waals surface area contributed by atoms with Crippen molar-refractivity contribution in [3.63, 3.8) is 0 Å². The minimum atomic E-state index is 0. The molecule has 2 atom stereocenters. The molecule has 5 heteroatoms. The smallest absolute Gasteiger partial charge is 0.223 e. The van der Waals surface area contributed by atoms with Crippen molar-refractivity contribution in [3.05, 3.63) is 48.2 Å². The summed E-state index contributed by atoms with van der Waals surface area (Å²) in [5, 5.41) is 3.64. The topological polar surface area (TPSA) is 45.5 Å². The van der Waals surface area contributed by atoms with Crippen LogP contribution in [0.15, 0.2) is 46.9 Å². The molecule has 2 aliphatic heterocycles. The van der Waals surface area contributed by atoms with Crippen LogP contribution in [-0.4, -0.2) is 36.0 Å². The van der Waals surface area contributed by atoms with Crippen LogP contribution in [0.1, 0.15) is 37.9 Å². The molecule has 1 N–H and O–H groups in total. The Labute approximate surface area is 161 Å². The lowest BCUT2D eigenvalue weighted by Gasteiger charge is -2.35. The number of benzene rings is 1. The number of furan rings is 1. The Balaban J connectivity index is 0.00000196. The third-order valence-electron chi connectivity index (χ3n) is 5.69. The lowest BCUT2D eigenvalue weighted by Crippen LogP contribution is -2.48. The number of fused-ring (bicyclic) bond motifs is 2. The van der Waals surface area contributed by atoms with Gasteiger partial charge in [-0.05, 0) is 37.8 Å². The SMILES string of the molecule is CN(C(=O)CCc1ccc(-c2ccccc2)o1)C1CC2CCC(C1)N2.Cl. The maximum atomic E-state index is 12.6. The van der Waals surface area contributed by atoms with Gasteiger partial charge in [-0.15, -0.1) is 12.4 Å². The summed E-state index contributed by atoms with van der Waals surface area (Å²) >= 11 is 0. The van der Waals surface area contributed by atoms with E-state index in [1.54, 1.807) is 0 Å². The summed E-state index contributed by atoms with van der Waals surface area (Å²) in [7, 11) is 1.97. The molecule has 0 saturated carbocycles.